The van der Waals surface area contributed by atoms with E-state index in [0.717, 1.165) is 22.2 Å². The highest BCUT2D eigenvalue weighted by Crippen LogP contribution is 2.73. The van der Waals surface area contributed by atoms with Gasteiger partial charge in [0.25, 0.3) is 0 Å². The highest BCUT2D eigenvalue weighted by atomic mass is 14.7. The lowest BCUT2D eigenvalue weighted by molar-refractivity contribution is -0.176. The molecule has 8 rings (SSSR count). The topological polar surface area (TPSA) is 0 Å². The van der Waals surface area contributed by atoms with E-state index in [-0.39, 0.29) is 7.43 Å². The molecule has 8 fully saturated rings. The van der Waals surface area contributed by atoms with Crippen molar-refractivity contribution in [1.29, 1.82) is 0 Å². The predicted octanol–water partition coefficient (Wildman–Crippen LogP) is 9.03. The summed E-state index contributed by atoms with van der Waals surface area (Å²) in [5.74, 6) is 1.08. The molecule has 0 amide bonds. The van der Waals surface area contributed by atoms with Gasteiger partial charge in [0.2, 0.25) is 0 Å². The summed E-state index contributed by atoms with van der Waals surface area (Å²) < 4.78 is 0. The van der Waals surface area contributed by atoms with Gasteiger partial charge in [-0.3, -0.25) is 0 Å². The molecule has 162 valence electrons. The summed E-state index contributed by atoms with van der Waals surface area (Å²) in [6, 6.07) is 0. The number of hydrogen-bond donors (Lipinski definition) is 0. The Balaban J connectivity index is 0.000000133. The van der Waals surface area contributed by atoms with Gasteiger partial charge in [-0.15, -0.1) is 0 Å². The third-order valence-electron chi connectivity index (χ3n) is 10.0. The maximum atomic E-state index is 2.55. The molecule has 0 unspecified atom stereocenters. The van der Waals surface area contributed by atoms with Crippen LogP contribution < -0.4 is 0 Å². The summed E-state index contributed by atoms with van der Waals surface area (Å²) >= 11 is 0. The van der Waals surface area contributed by atoms with Crippen LogP contribution in [0.2, 0.25) is 0 Å². The molecule has 8 aliphatic rings. The summed E-state index contributed by atoms with van der Waals surface area (Å²) in [5.41, 5.74) is 4.93. The van der Waals surface area contributed by atoms with Gasteiger partial charge in [0.05, 0.1) is 0 Å². The van der Waals surface area contributed by atoms with Crippen LogP contribution in [-0.4, -0.2) is 0 Å². The molecule has 0 nitrogen and oxygen atoms in total. The fourth-order valence-corrected chi connectivity index (χ4v) is 13.0. The third-order valence-corrected chi connectivity index (χ3v) is 10.0. The Hall–Kier alpha value is 0. The van der Waals surface area contributed by atoms with E-state index in [1.54, 1.807) is 0 Å². The average Bonchev–Trinajstić information content (AvgIpc) is 2.23. The van der Waals surface area contributed by atoms with Gasteiger partial charge in [-0.05, 0) is 121 Å². The molecule has 0 radical (unpaired) electrons. The van der Waals surface area contributed by atoms with Gasteiger partial charge in [0.15, 0.2) is 0 Å². The Morgan fingerprint density at radius 2 is 0.536 bits per heavy atom. The first kappa shape index (κ1) is 21.2. The quantitative estimate of drug-likeness (QED) is 0.389. The molecule has 8 bridgehead atoms. The van der Waals surface area contributed by atoms with Crippen molar-refractivity contribution in [1.82, 2.24) is 0 Å². The van der Waals surface area contributed by atoms with Crippen molar-refractivity contribution in [2.75, 3.05) is 0 Å². The van der Waals surface area contributed by atoms with E-state index in [0.29, 0.717) is 21.7 Å². The Bertz CT molecular complexity index is 509. The molecule has 0 aliphatic heterocycles. The zero-order valence-electron chi connectivity index (χ0n) is 19.6. The average molecular weight is 387 g/mol. The van der Waals surface area contributed by atoms with Crippen LogP contribution >= 0.6 is 0 Å². The second-order valence-corrected chi connectivity index (χ2v) is 15.7. The van der Waals surface area contributed by atoms with Gasteiger partial charge in [0, 0.05) is 0 Å². The molecule has 0 aromatic rings. The van der Waals surface area contributed by atoms with E-state index in [9.17, 15) is 0 Å². The zero-order chi connectivity index (χ0) is 19.6. The lowest BCUT2D eigenvalue weighted by Crippen LogP contribution is -2.57. The molecule has 0 heteroatoms. The van der Waals surface area contributed by atoms with Gasteiger partial charge in [-0.1, -0.05) is 55.9 Å². The minimum atomic E-state index is 0. The van der Waals surface area contributed by atoms with E-state index in [2.05, 4.69) is 48.5 Å². The van der Waals surface area contributed by atoms with Crippen molar-refractivity contribution < 1.29 is 0 Å². The monoisotopic (exact) mass is 386 g/mol. The van der Waals surface area contributed by atoms with Gasteiger partial charge >= 0.3 is 0 Å². The predicted molar refractivity (Wildman–Crippen MR) is 122 cm³/mol. The largest absolute Gasteiger partial charge is 0.0776 e. The van der Waals surface area contributed by atoms with E-state index in [1.807, 2.05) is 0 Å². The van der Waals surface area contributed by atoms with Gasteiger partial charge in [0.1, 0.15) is 0 Å². The molecular weight excluding hydrogens is 336 g/mol. The first-order valence-electron chi connectivity index (χ1n) is 12.1. The van der Waals surface area contributed by atoms with Gasteiger partial charge in [-0.25, -0.2) is 0 Å². The van der Waals surface area contributed by atoms with Crippen molar-refractivity contribution in [3.05, 3.63) is 0 Å². The Kier molecular flexibility index (Phi) is 4.26. The first-order valence-corrected chi connectivity index (χ1v) is 12.1. The molecule has 8 saturated carbocycles. The molecule has 0 atom stereocenters. The zero-order valence-corrected chi connectivity index (χ0v) is 19.6. The second-order valence-electron chi connectivity index (χ2n) is 15.7. The molecule has 0 aromatic carbocycles. The minimum absolute atomic E-state index is 0. The van der Waals surface area contributed by atoms with Crippen molar-refractivity contribution in [3.8, 4) is 0 Å². The molecule has 0 spiro atoms. The third kappa shape index (κ3) is 3.41. The lowest BCUT2D eigenvalue weighted by Gasteiger charge is -2.68. The van der Waals surface area contributed by atoms with E-state index in [4.69, 9.17) is 0 Å². The summed E-state index contributed by atoms with van der Waals surface area (Å²) in [6.07, 6.45) is 18.2. The van der Waals surface area contributed by atoms with Crippen LogP contribution in [0.4, 0.5) is 0 Å². The molecular formula is C28H50. The van der Waals surface area contributed by atoms with Crippen molar-refractivity contribution >= 4 is 0 Å². The van der Waals surface area contributed by atoms with E-state index in [1.165, 1.54) is 77.0 Å². The fourth-order valence-electron chi connectivity index (χ4n) is 13.0. The van der Waals surface area contributed by atoms with Crippen LogP contribution in [0.5, 0.6) is 0 Å². The molecule has 28 heavy (non-hydrogen) atoms. The maximum absolute atomic E-state index is 2.55. The molecule has 8 aliphatic carbocycles. The van der Waals surface area contributed by atoms with E-state index >= 15 is 0 Å². The van der Waals surface area contributed by atoms with Crippen LogP contribution in [0.25, 0.3) is 0 Å². The molecule has 0 heterocycles. The lowest BCUT2D eigenvalue weighted by atomic mass is 9.37. The van der Waals surface area contributed by atoms with Crippen LogP contribution in [0, 0.1) is 43.8 Å². The highest BCUT2D eigenvalue weighted by molar-refractivity contribution is 5.13. The Morgan fingerprint density at radius 1 is 0.357 bits per heavy atom. The number of hydrogen-bond acceptors (Lipinski definition) is 0. The van der Waals surface area contributed by atoms with Crippen LogP contribution in [0.15, 0.2) is 0 Å². The number of rotatable bonds is 0. The highest BCUT2D eigenvalue weighted by Gasteiger charge is 2.62. The van der Waals surface area contributed by atoms with Crippen molar-refractivity contribution in [2.45, 2.75) is 133 Å². The summed E-state index contributed by atoms with van der Waals surface area (Å²) in [7, 11) is 0. The smallest absolute Gasteiger partial charge is 0.0310 e. The van der Waals surface area contributed by atoms with Crippen LogP contribution in [0.3, 0.4) is 0 Å². The Morgan fingerprint density at radius 3 is 0.714 bits per heavy atom. The van der Waals surface area contributed by atoms with Crippen molar-refractivity contribution in [2.24, 2.45) is 43.8 Å². The van der Waals surface area contributed by atoms with Gasteiger partial charge in [-0.2, -0.15) is 0 Å². The van der Waals surface area contributed by atoms with E-state index < -0.39 is 0 Å². The van der Waals surface area contributed by atoms with Crippen LogP contribution in [0.1, 0.15) is 133 Å². The summed E-state index contributed by atoms with van der Waals surface area (Å²) in [5, 5.41) is 0. The molecule has 0 aromatic heterocycles. The SMILES string of the molecule is C.CC12CC3(C)CC(C)(C1)CC(C)(C2)C3.CC12CC3CC(C)(C1)CC(C)(C3)C2. The summed E-state index contributed by atoms with van der Waals surface area (Å²) in [4.78, 5) is 0. The van der Waals surface area contributed by atoms with Gasteiger partial charge < -0.3 is 0 Å². The normalized spacial score (nSPS) is 62.9. The minimum Gasteiger partial charge on any atom is -0.0776 e. The molecule has 0 saturated heterocycles. The standard InChI is InChI=1S/C14H24.C13H22.CH4/c1-11-5-12(2)8-13(3,6-11)10-14(4,7-11)9-12;1-11-4-10-5-12(2,7-11)9-13(3,6-10)8-11;/h5-10H2,1-4H3;10H,4-9H2,1-3H3;1H4. The summed E-state index contributed by atoms with van der Waals surface area (Å²) in [6.45, 7) is 17.9. The Labute approximate surface area is 177 Å². The fraction of sp³-hybridized carbons (Fsp3) is 1.00. The van der Waals surface area contributed by atoms with Crippen LogP contribution in [-0.2, 0) is 0 Å². The second kappa shape index (κ2) is 5.62. The van der Waals surface area contributed by atoms with Crippen molar-refractivity contribution in [3.63, 3.8) is 0 Å². The first-order chi connectivity index (χ1) is 12.1. The maximum Gasteiger partial charge on any atom is -0.0310 e. The molecule has 0 N–H and O–H groups in total.